The summed E-state index contributed by atoms with van der Waals surface area (Å²) in [6, 6.07) is 4.46. The number of aromatic nitrogens is 1. The van der Waals surface area contributed by atoms with Crippen LogP contribution < -0.4 is 10.6 Å². The molecule has 1 saturated heterocycles. The summed E-state index contributed by atoms with van der Waals surface area (Å²) in [7, 11) is 0. The van der Waals surface area contributed by atoms with Crippen molar-refractivity contribution in [3.63, 3.8) is 0 Å². The highest BCUT2D eigenvalue weighted by Crippen LogP contribution is 2.31. The predicted octanol–water partition coefficient (Wildman–Crippen LogP) is 1.99. The van der Waals surface area contributed by atoms with Gasteiger partial charge >= 0.3 is 0 Å². The normalized spacial score (nSPS) is 17.1. The number of fused-ring (bicyclic) bond motifs is 1. The quantitative estimate of drug-likeness (QED) is 0.939. The summed E-state index contributed by atoms with van der Waals surface area (Å²) < 4.78 is 1.30. The van der Waals surface area contributed by atoms with E-state index in [4.69, 9.17) is 10.7 Å². The summed E-state index contributed by atoms with van der Waals surface area (Å²) >= 11 is 1.81. The minimum Gasteiger partial charge on any atom is -0.345 e. The second-order valence-electron chi connectivity index (χ2n) is 5.52. The summed E-state index contributed by atoms with van der Waals surface area (Å²) in [5.41, 5.74) is 9.42. The lowest BCUT2D eigenvalue weighted by atomic mass is 10.1. The third-order valence-electron chi connectivity index (χ3n) is 4.08. The molecule has 1 fully saturated rings. The molecule has 0 aliphatic carbocycles. The Labute approximate surface area is 124 Å². The van der Waals surface area contributed by atoms with E-state index >= 15 is 0 Å². The van der Waals surface area contributed by atoms with E-state index in [1.54, 1.807) is 0 Å². The maximum absolute atomic E-state index is 5.62. The molecule has 5 heteroatoms. The zero-order chi connectivity index (χ0) is 14.1. The molecule has 0 unspecified atom stereocenters. The summed E-state index contributed by atoms with van der Waals surface area (Å²) in [4.78, 5) is 9.64. The maximum Gasteiger partial charge on any atom is 0.186 e. The Balaban J connectivity index is 1.78. The van der Waals surface area contributed by atoms with E-state index < -0.39 is 0 Å². The van der Waals surface area contributed by atoms with Crippen molar-refractivity contribution in [2.45, 2.75) is 13.8 Å². The van der Waals surface area contributed by atoms with Gasteiger partial charge < -0.3 is 10.6 Å². The van der Waals surface area contributed by atoms with Crippen LogP contribution in [0.15, 0.2) is 12.1 Å². The molecule has 1 aliphatic rings. The molecule has 0 radical (unpaired) electrons. The number of benzene rings is 1. The fourth-order valence-electron chi connectivity index (χ4n) is 2.65. The van der Waals surface area contributed by atoms with Crippen molar-refractivity contribution in [1.82, 2.24) is 9.88 Å². The van der Waals surface area contributed by atoms with Gasteiger partial charge in [-0.15, -0.1) is 0 Å². The van der Waals surface area contributed by atoms with Crippen LogP contribution in [0, 0.1) is 13.8 Å². The van der Waals surface area contributed by atoms with Crippen LogP contribution >= 0.6 is 11.3 Å². The first-order valence-corrected chi connectivity index (χ1v) is 8.04. The van der Waals surface area contributed by atoms with Crippen molar-refractivity contribution >= 4 is 26.7 Å². The van der Waals surface area contributed by atoms with Crippen LogP contribution in [0.4, 0.5) is 5.13 Å². The summed E-state index contributed by atoms with van der Waals surface area (Å²) in [6.45, 7) is 10.4. The molecule has 0 bridgehead atoms. The Morgan fingerprint density at radius 2 is 1.85 bits per heavy atom. The Kier molecular flexibility index (Phi) is 3.92. The highest BCUT2D eigenvalue weighted by atomic mass is 32.1. The van der Waals surface area contributed by atoms with E-state index in [2.05, 4.69) is 35.8 Å². The Morgan fingerprint density at radius 3 is 2.55 bits per heavy atom. The molecule has 1 aliphatic heterocycles. The molecule has 0 saturated carbocycles. The molecule has 20 heavy (non-hydrogen) atoms. The first-order valence-electron chi connectivity index (χ1n) is 7.22. The van der Waals surface area contributed by atoms with E-state index in [-0.39, 0.29) is 0 Å². The molecule has 0 amide bonds. The van der Waals surface area contributed by atoms with Crippen molar-refractivity contribution < 1.29 is 0 Å². The molecule has 0 atom stereocenters. The number of rotatable bonds is 3. The topological polar surface area (TPSA) is 45.4 Å². The monoisotopic (exact) mass is 290 g/mol. The van der Waals surface area contributed by atoms with Crippen LogP contribution in [0.5, 0.6) is 0 Å². The molecular formula is C15H22N4S. The van der Waals surface area contributed by atoms with Crippen LogP contribution in [-0.4, -0.2) is 49.2 Å². The molecule has 2 heterocycles. The Bertz CT molecular complexity index is 560. The molecule has 108 valence electrons. The van der Waals surface area contributed by atoms with Crippen molar-refractivity contribution in [3.05, 3.63) is 23.3 Å². The first kappa shape index (κ1) is 13.8. The summed E-state index contributed by atoms with van der Waals surface area (Å²) in [5.74, 6) is 0. The number of hydrogen-bond acceptors (Lipinski definition) is 5. The van der Waals surface area contributed by atoms with Gasteiger partial charge in [0.2, 0.25) is 0 Å². The zero-order valence-electron chi connectivity index (χ0n) is 12.2. The van der Waals surface area contributed by atoms with Gasteiger partial charge in [-0.05, 0) is 37.1 Å². The number of hydrogen-bond donors (Lipinski definition) is 1. The van der Waals surface area contributed by atoms with E-state index in [1.807, 2.05) is 11.3 Å². The fraction of sp³-hybridized carbons (Fsp3) is 0.533. The van der Waals surface area contributed by atoms with Gasteiger partial charge in [-0.1, -0.05) is 11.3 Å². The van der Waals surface area contributed by atoms with Gasteiger partial charge in [0.1, 0.15) is 0 Å². The van der Waals surface area contributed by atoms with E-state index in [9.17, 15) is 0 Å². The van der Waals surface area contributed by atoms with Gasteiger partial charge in [0.25, 0.3) is 0 Å². The lowest BCUT2D eigenvalue weighted by Crippen LogP contribution is -2.47. The highest BCUT2D eigenvalue weighted by Gasteiger charge is 2.19. The minimum atomic E-state index is 0.750. The Hall–Kier alpha value is -1.17. The Morgan fingerprint density at radius 1 is 1.15 bits per heavy atom. The van der Waals surface area contributed by atoms with E-state index in [1.165, 1.54) is 15.8 Å². The summed E-state index contributed by atoms with van der Waals surface area (Å²) in [5, 5.41) is 1.16. The largest absolute Gasteiger partial charge is 0.345 e. The van der Waals surface area contributed by atoms with Crippen molar-refractivity contribution in [1.29, 1.82) is 0 Å². The molecule has 2 N–H and O–H groups in total. The van der Waals surface area contributed by atoms with Gasteiger partial charge in [0, 0.05) is 39.3 Å². The summed E-state index contributed by atoms with van der Waals surface area (Å²) in [6.07, 6.45) is 0. The maximum atomic E-state index is 5.62. The number of thiazole rings is 1. The first-order chi connectivity index (χ1) is 9.67. The average molecular weight is 290 g/mol. The third-order valence-corrected chi connectivity index (χ3v) is 5.16. The third kappa shape index (κ3) is 2.66. The second kappa shape index (κ2) is 5.68. The molecule has 1 aromatic heterocycles. The van der Waals surface area contributed by atoms with Gasteiger partial charge in [-0.3, -0.25) is 4.90 Å². The lowest BCUT2D eigenvalue weighted by Gasteiger charge is -2.34. The highest BCUT2D eigenvalue weighted by molar-refractivity contribution is 7.22. The standard InChI is InChI=1S/C15H22N4S/c1-11-9-13-14(10-12(11)2)20-15(17-13)19-7-5-18(4-3-16)6-8-19/h9-10H,3-8,16H2,1-2H3. The lowest BCUT2D eigenvalue weighted by molar-refractivity contribution is 0.265. The number of nitrogens with zero attached hydrogens (tertiary/aromatic N) is 3. The zero-order valence-corrected chi connectivity index (χ0v) is 13.0. The average Bonchev–Trinajstić information content (AvgIpc) is 2.83. The van der Waals surface area contributed by atoms with E-state index in [0.29, 0.717) is 0 Å². The SMILES string of the molecule is Cc1cc2nc(N3CCN(CCN)CC3)sc2cc1C. The van der Waals surface area contributed by atoms with Crippen LogP contribution in [0.1, 0.15) is 11.1 Å². The molecular weight excluding hydrogens is 268 g/mol. The second-order valence-corrected chi connectivity index (χ2v) is 6.53. The molecule has 3 rings (SSSR count). The minimum absolute atomic E-state index is 0.750. The molecule has 0 spiro atoms. The van der Waals surface area contributed by atoms with Gasteiger partial charge in [0.15, 0.2) is 5.13 Å². The smallest absolute Gasteiger partial charge is 0.186 e. The van der Waals surface area contributed by atoms with Crippen LogP contribution in [-0.2, 0) is 0 Å². The van der Waals surface area contributed by atoms with Crippen molar-refractivity contribution in [2.75, 3.05) is 44.2 Å². The van der Waals surface area contributed by atoms with Crippen LogP contribution in [0.3, 0.4) is 0 Å². The fourth-order valence-corrected chi connectivity index (χ4v) is 3.75. The van der Waals surface area contributed by atoms with Gasteiger partial charge in [0.05, 0.1) is 10.2 Å². The number of anilines is 1. The van der Waals surface area contributed by atoms with Crippen molar-refractivity contribution in [3.8, 4) is 0 Å². The van der Waals surface area contributed by atoms with Crippen molar-refractivity contribution in [2.24, 2.45) is 5.73 Å². The van der Waals surface area contributed by atoms with Gasteiger partial charge in [-0.2, -0.15) is 0 Å². The number of aryl methyl sites for hydroxylation is 2. The van der Waals surface area contributed by atoms with Gasteiger partial charge in [-0.25, -0.2) is 4.98 Å². The molecule has 1 aromatic carbocycles. The van der Waals surface area contributed by atoms with Crippen LogP contribution in [0.2, 0.25) is 0 Å². The van der Waals surface area contributed by atoms with Crippen LogP contribution in [0.25, 0.3) is 10.2 Å². The molecule has 4 nitrogen and oxygen atoms in total. The number of piperazine rings is 1. The van der Waals surface area contributed by atoms with E-state index in [0.717, 1.165) is 49.9 Å². The molecule has 2 aromatic rings. The number of nitrogens with two attached hydrogens (primary N) is 1. The predicted molar refractivity (Wildman–Crippen MR) is 86.8 cm³/mol.